The number of hydrogen-bond acceptors (Lipinski definition) is 5. The summed E-state index contributed by atoms with van der Waals surface area (Å²) in [5, 5.41) is 14.1. The first-order valence-electron chi connectivity index (χ1n) is 8.14. The molecule has 9 heteroatoms. The molecule has 0 saturated carbocycles. The molecule has 0 spiro atoms. The van der Waals surface area contributed by atoms with Crippen LogP contribution in [0.15, 0.2) is 29.6 Å². The van der Waals surface area contributed by atoms with E-state index >= 15 is 0 Å². The molecule has 0 unspecified atom stereocenters. The quantitative estimate of drug-likeness (QED) is 0.518. The summed E-state index contributed by atoms with van der Waals surface area (Å²) in [6.45, 7) is 1.30. The number of aliphatic hydroxyl groups is 1. The van der Waals surface area contributed by atoms with E-state index in [9.17, 15) is 13.6 Å². The number of carbonyl (C=O) groups excluding carboxylic acids is 1. The molecule has 0 bridgehead atoms. The molecule has 3 rings (SSSR count). The van der Waals surface area contributed by atoms with Crippen LogP contribution in [-0.2, 0) is 6.61 Å². The van der Waals surface area contributed by atoms with Crippen molar-refractivity contribution in [1.29, 1.82) is 0 Å². The van der Waals surface area contributed by atoms with Gasteiger partial charge in [0.1, 0.15) is 22.3 Å². The van der Waals surface area contributed by atoms with Gasteiger partial charge in [-0.15, -0.1) is 11.3 Å². The SMILES string of the molecule is Cc1c(F)cc(-c2ccc(C(=O)N[C@H](CN)c3nc(CO)cs3)[nH]2)cc1F. The summed E-state index contributed by atoms with van der Waals surface area (Å²) in [6, 6.07) is 5.00. The fourth-order valence-corrected chi connectivity index (χ4v) is 3.38. The molecule has 0 aliphatic carbocycles. The van der Waals surface area contributed by atoms with E-state index in [0.29, 0.717) is 22.0 Å². The third-order valence-corrected chi connectivity index (χ3v) is 5.10. The van der Waals surface area contributed by atoms with Crippen LogP contribution in [0.25, 0.3) is 11.3 Å². The molecule has 1 amide bonds. The molecule has 2 aromatic heterocycles. The summed E-state index contributed by atoms with van der Waals surface area (Å²) in [6.07, 6.45) is 0. The second-order valence-electron chi connectivity index (χ2n) is 5.95. The molecule has 3 aromatic rings. The maximum absolute atomic E-state index is 13.8. The van der Waals surface area contributed by atoms with E-state index in [0.717, 1.165) is 0 Å². The summed E-state index contributed by atoms with van der Waals surface area (Å²) in [7, 11) is 0. The monoisotopic (exact) mass is 392 g/mol. The van der Waals surface area contributed by atoms with Crippen LogP contribution in [0.1, 0.15) is 32.8 Å². The fraction of sp³-hybridized carbons (Fsp3) is 0.222. The molecule has 1 atom stereocenters. The van der Waals surface area contributed by atoms with Gasteiger partial charge in [0, 0.05) is 28.7 Å². The third-order valence-electron chi connectivity index (χ3n) is 4.09. The second kappa shape index (κ2) is 7.95. The van der Waals surface area contributed by atoms with Crippen LogP contribution in [0.2, 0.25) is 0 Å². The number of benzene rings is 1. The number of thiazole rings is 1. The van der Waals surface area contributed by atoms with E-state index in [1.807, 2.05) is 0 Å². The minimum Gasteiger partial charge on any atom is -0.390 e. The van der Waals surface area contributed by atoms with Crippen LogP contribution in [0.4, 0.5) is 8.78 Å². The van der Waals surface area contributed by atoms with Gasteiger partial charge >= 0.3 is 0 Å². The Morgan fingerprint density at radius 3 is 2.67 bits per heavy atom. The first-order valence-corrected chi connectivity index (χ1v) is 9.02. The van der Waals surface area contributed by atoms with Crippen LogP contribution in [0.5, 0.6) is 0 Å². The molecule has 6 nitrogen and oxygen atoms in total. The number of halogens is 2. The average Bonchev–Trinajstić information content (AvgIpc) is 3.33. The topological polar surface area (TPSA) is 104 Å². The number of aromatic amines is 1. The van der Waals surface area contributed by atoms with Gasteiger partial charge in [0.2, 0.25) is 0 Å². The van der Waals surface area contributed by atoms with E-state index in [2.05, 4.69) is 15.3 Å². The van der Waals surface area contributed by atoms with Crippen molar-refractivity contribution >= 4 is 17.2 Å². The smallest absolute Gasteiger partial charge is 0.268 e. The zero-order chi connectivity index (χ0) is 19.6. The number of nitrogens with two attached hydrogens (primary N) is 1. The van der Waals surface area contributed by atoms with E-state index in [-0.39, 0.29) is 24.4 Å². The van der Waals surface area contributed by atoms with Gasteiger partial charge in [-0.1, -0.05) is 0 Å². The Bertz CT molecular complexity index is 947. The molecule has 142 valence electrons. The Hall–Kier alpha value is -2.62. The van der Waals surface area contributed by atoms with Crippen LogP contribution >= 0.6 is 11.3 Å². The lowest BCUT2D eigenvalue weighted by Crippen LogP contribution is -2.33. The Kier molecular flexibility index (Phi) is 5.64. The van der Waals surface area contributed by atoms with Gasteiger partial charge in [0.05, 0.1) is 18.3 Å². The molecule has 0 radical (unpaired) electrons. The van der Waals surface area contributed by atoms with Crippen molar-refractivity contribution in [3.8, 4) is 11.3 Å². The third kappa shape index (κ3) is 4.05. The molecule has 2 heterocycles. The molecule has 0 saturated heterocycles. The highest BCUT2D eigenvalue weighted by atomic mass is 32.1. The van der Waals surface area contributed by atoms with Gasteiger partial charge in [-0.2, -0.15) is 0 Å². The number of hydrogen-bond donors (Lipinski definition) is 4. The van der Waals surface area contributed by atoms with Gasteiger partial charge in [0.15, 0.2) is 0 Å². The molecular formula is C18H18F2N4O2S. The van der Waals surface area contributed by atoms with E-state index in [4.69, 9.17) is 10.8 Å². The van der Waals surface area contributed by atoms with Crippen molar-refractivity contribution in [3.05, 3.63) is 63.2 Å². The normalized spacial score (nSPS) is 12.2. The van der Waals surface area contributed by atoms with Crippen molar-refractivity contribution in [2.75, 3.05) is 6.54 Å². The predicted molar refractivity (Wildman–Crippen MR) is 98.2 cm³/mol. The number of carbonyl (C=O) groups is 1. The molecule has 0 aliphatic heterocycles. The summed E-state index contributed by atoms with van der Waals surface area (Å²) < 4.78 is 27.5. The van der Waals surface area contributed by atoms with E-state index < -0.39 is 23.6 Å². The number of nitrogens with zero attached hydrogens (tertiary/aromatic N) is 1. The number of aromatic nitrogens is 2. The van der Waals surface area contributed by atoms with Crippen molar-refractivity contribution in [3.63, 3.8) is 0 Å². The Morgan fingerprint density at radius 2 is 2.07 bits per heavy atom. The Morgan fingerprint density at radius 1 is 1.37 bits per heavy atom. The van der Waals surface area contributed by atoms with Crippen LogP contribution in [0.3, 0.4) is 0 Å². The molecule has 5 N–H and O–H groups in total. The molecule has 1 aromatic carbocycles. The standard InChI is InChI=1S/C18H18F2N4O2S/c1-9-12(19)4-10(5-13(9)20)14-2-3-15(23-14)17(26)24-16(6-21)18-22-11(7-25)8-27-18/h2-5,8,16,23,25H,6-7,21H2,1H3,(H,24,26)/t16-/m1/s1. The van der Waals surface area contributed by atoms with Gasteiger partial charge < -0.3 is 21.1 Å². The van der Waals surface area contributed by atoms with Gasteiger partial charge in [0.25, 0.3) is 5.91 Å². The Balaban J connectivity index is 1.78. The first-order chi connectivity index (χ1) is 12.9. The van der Waals surface area contributed by atoms with Crippen LogP contribution < -0.4 is 11.1 Å². The Labute approximate surface area is 158 Å². The van der Waals surface area contributed by atoms with E-state index in [1.54, 1.807) is 11.4 Å². The summed E-state index contributed by atoms with van der Waals surface area (Å²) >= 11 is 1.29. The zero-order valence-corrected chi connectivity index (χ0v) is 15.2. The summed E-state index contributed by atoms with van der Waals surface area (Å²) in [5.74, 6) is -1.74. The molecular weight excluding hydrogens is 374 g/mol. The fourth-order valence-electron chi connectivity index (χ4n) is 2.51. The van der Waals surface area contributed by atoms with Gasteiger partial charge in [-0.25, -0.2) is 13.8 Å². The highest BCUT2D eigenvalue weighted by Gasteiger charge is 2.19. The van der Waals surface area contributed by atoms with E-state index in [1.165, 1.54) is 36.5 Å². The number of aliphatic hydroxyl groups excluding tert-OH is 1. The lowest BCUT2D eigenvalue weighted by atomic mass is 10.1. The minimum absolute atomic E-state index is 0.0558. The van der Waals surface area contributed by atoms with Crippen molar-refractivity contribution in [1.82, 2.24) is 15.3 Å². The number of rotatable bonds is 6. The van der Waals surface area contributed by atoms with Gasteiger partial charge in [-0.3, -0.25) is 4.79 Å². The second-order valence-corrected chi connectivity index (χ2v) is 6.84. The number of nitrogens with one attached hydrogen (secondary N) is 2. The maximum atomic E-state index is 13.8. The highest BCUT2D eigenvalue weighted by molar-refractivity contribution is 7.09. The van der Waals surface area contributed by atoms with Gasteiger partial charge in [-0.05, 0) is 31.2 Å². The molecule has 27 heavy (non-hydrogen) atoms. The maximum Gasteiger partial charge on any atom is 0.268 e. The summed E-state index contributed by atoms with van der Waals surface area (Å²) in [5.41, 5.74) is 7.12. The lowest BCUT2D eigenvalue weighted by molar-refractivity contribution is 0.0933. The highest BCUT2D eigenvalue weighted by Crippen LogP contribution is 2.24. The van der Waals surface area contributed by atoms with Crippen LogP contribution in [0, 0.1) is 18.6 Å². The predicted octanol–water partition coefficient (Wildman–Crippen LogP) is 2.65. The van der Waals surface area contributed by atoms with Crippen molar-refractivity contribution in [2.24, 2.45) is 5.73 Å². The lowest BCUT2D eigenvalue weighted by Gasteiger charge is -2.13. The van der Waals surface area contributed by atoms with Crippen molar-refractivity contribution < 1.29 is 18.7 Å². The average molecular weight is 392 g/mol. The molecule has 0 aliphatic rings. The number of H-pyrrole nitrogens is 1. The minimum atomic E-state index is -0.655. The van der Waals surface area contributed by atoms with Crippen molar-refractivity contribution in [2.45, 2.75) is 19.6 Å². The number of amides is 1. The molecule has 0 fully saturated rings. The summed E-state index contributed by atoms with van der Waals surface area (Å²) in [4.78, 5) is 19.5. The zero-order valence-electron chi connectivity index (χ0n) is 14.4. The van der Waals surface area contributed by atoms with Crippen LogP contribution in [-0.4, -0.2) is 27.5 Å². The largest absolute Gasteiger partial charge is 0.390 e. The first kappa shape index (κ1) is 19.2.